The summed E-state index contributed by atoms with van der Waals surface area (Å²) in [6.07, 6.45) is 4.83. The van der Waals surface area contributed by atoms with Crippen LogP contribution < -0.4 is 10.3 Å². The lowest BCUT2D eigenvalue weighted by Gasteiger charge is -2.08. The fourth-order valence-electron chi connectivity index (χ4n) is 2.08. The van der Waals surface area contributed by atoms with Crippen molar-refractivity contribution in [2.24, 2.45) is 7.05 Å². The molecule has 0 aromatic carbocycles. The lowest BCUT2D eigenvalue weighted by Crippen LogP contribution is -2.23. The minimum absolute atomic E-state index is 0.179. The highest BCUT2D eigenvalue weighted by Crippen LogP contribution is 2.14. The van der Waals surface area contributed by atoms with Gasteiger partial charge in [-0.2, -0.15) is 10.2 Å². The van der Waals surface area contributed by atoms with Crippen LogP contribution in [0.25, 0.3) is 10.9 Å². The fraction of sp³-hybridized carbons (Fsp3) is 0.231. The Morgan fingerprint density at radius 2 is 2.15 bits per heavy atom. The maximum Gasteiger partial charge on any atom is 0.278 e. The van der Waals surface area contributed by atoms with Crippen LogP contribution in [0.3, 0.4) is 0 Å². The van der Waals surface area contributed by atoms with Gasteiger partial charge < -0.3 is 4.74 Å². The Morgan fingerprint density at radius 3 is 2.95 bits per heavy atom. The quantitative estimate of drug-likeness (QED) is 0.696. The van der Waals surface area contributed by atoms with Crippen molar-refractivity contribution in [2.75, 3.05) is 7.11 Å². The van der Waals surface area contributed by atoms with Gasteiger partial charge in [-0.15, -0.1) is 0 Å². The highest BCUT2D eigenvalue weighted by Gasteiger charge is 2.10. The number of aryl methyl sites for hydroxylation is 1. The second kappa shape index (κ2) is 4.76. The number of fused-ring (bicyclic) bond motifs is 1. The first-order valence-electron chi connectivity index (χ1n) is 6.06. The summed E-state index contributed by atoms with van der Waals surface area (Å²) >= 11 is 0. The molecular formula is C13H13N5O2. The van der Waals surface area contributed by atoms with E-state index in [1.54, 1.807) is 43.5 Å². The number of pyridine rings is 1. The predicted molar refractivity (Wildman–Crippen MR) is 72.7 cm³/mol. The second-order valence-electron chi connectivity index (χ2n) is 4.35. The van der Waals surface area contributed by atoms with Gasteiger partial charge in [-0.3, -0.25) is 9.48 Å². The highest BCUT2D eigenvalue weighted by molar-refractivity contribution is 5.76. The molecule has 3 aromatic heterocycles. The fourth-order valence-corrected chi connectivity index (χ4v) is 2.08. The summed E-state index contributed by atoms with van der Waals surface area (Å²) in [5.74, 6) is 0.493. The summed E-state index contributed by atoms with van der Waals surface area (Å²) in [4.78, 5) is 16.4. The number of hydrogen-bond acceptors (Lipinski definition) is 5. The molecule has 0 saturated carbocycles. The van der Waals surface area contributed by atoms with E-state index in [2.05, 4.69) is 15.2 Å². The number of aromatic nitrogens is 5. The van der Waals surface area contributed by atoms with Crippen molar-refractivity contribution in [3.8, 4) is 5.88 Å². The van der Waals surface area contributed by atoms with Gasteiger partial charge in [0.05, 0.1) is 37.0 Å². The molecule has 0 aliphatic rings. The van der Waals surface area contributed by atoms with E-state index in [1.807, 2.05) is 6.07 Å². The molecule has 0 spiro atoms. The Hall–Kier alpha value is -2.70. The number of hydrogen-bond donors (Lipinski definition) is 0. The van der Waals surface area contributed by atoms with Crippen molar-refractivity contribution >= 4 is 10.9 Å². The smallest absolute Gasteiger partial charge is 0.278 e. The third kappa shape index (κ3) is 1.93. The monoisotopic (exact) mass is 271 g/mol. The van der Waals surface area contributed by atoms with Crippen LogP contribution >= 0.6 is 0 Å². The van der Waals surface area contributed by atoms with Gasteiger partial charge in [0, 0.05) is 18.8 Å². The zero-order valence-corrected chi connectivity index (χ0v) is 11.1. The Balaban J connectivity index is 2.07. The summed E-state index contributed by atoms with van der Waals surface area (Å²) in [7, 11) is 3.32. The molecule has 7 nitrogen and oxygen atoms in total. The molecule has 3 heterocycles. The number of rotatable bonds is 3. The van der Waals surface area contributed by atoms with E-state index in [-0.39, 0.29) is 5.56 Å². The molecule has 3 rings (SSSR count). The molecule has 3 aromatic rings. The van der Waals surface area contributed by atoms with Crippen LogP contribution in [0.4, 0.5) is 0 Å². The molecule has 0 bridgehead atoms. The number of ether oxygens (including phenoxy) is 1. The SMILES string of the molecule is COc1ncccc1Cn1ncc2c(cnn2C)c1=O. The minimum Gasteiger partial charge on any atom is -0.481 e. The summed E-state index contributed by atoms with van der Waals surface area (Å²) in [5.41, 5.74) is 1.33. The van der Waals surface area contributed by atoms with E-state index in [4.69, 9.17) is 4.74 Å². The standard InChI is InChI=1S/C13H13N5O2/c1-17-11-7-16-18(13(19)10(11)6-15-17)8-9-4-3-5-14-12(9)20-2/h3-7H,8H2,1-2H3. The molecule has 0 unspecified atom stereocenters. The third-order valence-electron chi connectivity index (χ3n) is 3.13. The van der Waals surface area contributed by atoms with Crippen molar-refractivity contribution < 1.29 is 4.74 Å². The average Bonchev–Trinajstić information content (AvgIpc) is 2.85. The molecule has 0 N–H and O–H groups in total. The van der Waals surface area contributed by atoms with Crippen LogP contribution in [0.2, 0.25) is 0 Å². The van der Waals surface area contributed by atoms with Crippen molar-refractivity contribution in [3.63, 3.8) is 0 Å². The molecule has 0 fully saturated rings. The summed E-state index contributed by atoms with van der Waals surface area (Å²) in [6.45, 7) is 0.306. The maximum atomic E-state index is 12.3. The predicted octanol–water partition coefficient (Wildman–Crippen LogP) is 0.582. The van der Waals surface area contributed by atoms with Crippen LogP contribution in [0, 0.1) is 0 Å². The average molecular weight is 271 g/mol. The van der Waals surface area contributed by atoms with Gasteiger partial charge in [-0.25, -0.2) is 9.67 Å². The van der Waals surface area contributed by atoms with Gasteiger partial charge in [0.2, 0.25) is 5.88 Å². The second-order valence-corrected chi connectivity index (χ2v) is 4.35. The van der Waals surface area contributed by atoms with E-state index in [0.717, 1.165) is 5.56 Å². The van der Waals surface area contributed by atoms with Crippen molar-refractivity contribution in [1.82, 2.24) is 24.5 Å². The Bertz CT molecular complexity index is 821. The minimum atomic E-state index is -0.179. The van der Waals surface area contributed by atoms with Crippen LogP contribution in [-0.2, 0) is 13.6 Å². The van der Waals surface area contributed by atoms with Gasteiger partial charge in [-0.1, -0.05) is 6.07 Å². The van der Waals surface area contributed by atoms with Gasteiger partial charge in [0.25, 0.3) is 5.56 Å². The van der Waals surface area contributed by atoms with E-state index >= 15 is 0 Å². The topological polar surface area (TPSA) is 74.8 Å². The van der Waals surface area contributed by atoms with Crippen molar-refractivity contribution in [1.29, 1.82) is 0 Å². The first-order valence-corrected chi connectivity index (χ1v) is 6.06. The normalized spacial score (nSPS) is 10.9. The van der Waals surface area contributed by atoms with Gasteiger partial charge in [0.15, 0.2) is 0 Å². The molecule has 20 heavy (non-hydrogen) atoms. The first kappa shape index (κ1) is 12.3. The maximum absolute atomic E-state index is 12.3. The molecule has 0 aliphatic heterocycles. The summed E-state index contributed by atoms with van der Waals surface area (Å²) < 4.78 is 8.18. The summed E-state index contributed by atoms with van der Waals surface area (Å²) in [5, 5.41) is 8.78. The molecule has 7 heteroatoms. The number of methoxy groups -OCH3 is 1. The molecule has 0 aliphatic carbocycles. The Kier molecular flexibility index (Phi) is 2.94. The van der Waals surface area contributed by atoms with Gasteiger partial charge >= 0.3 is 0 Å². The molecular weight excluding hydrogens is 258 g/mol. The largest absolute Gasteiger partial charge is 0.481 e. The third-order valence-corrected chi connectivity index (χ3v) is 3.13. The van der Waals surface area contributed by atoms with E-state index in [0.29, 0.717) is 23.3 Å². The zero-order valence-electron chi connectivity index (χ0n) is 11.1. The van der Waals surface area contributed by atoms with Crippen LogP contribution in [0.5, 0.6) is 5.88 Å². The molecule has 0 saturated heterocycles. The molecule has 0 atom stereocenters. The van der Waals surface area contributed by atoms with Gasteiger partial charge in [0.1, 0.15) is 0 Å². The zero-order chi connectivity index (χ0) is 14.1. The van der Waals surface area contributed by atoms with Crippen LogP contribution in [-0.4, -0.2) is 31.7 Å². The molecule has 0 amide bonds. The van der Waals surface area contributed by atoms with E-state index < -0.39 is 0 Å². The van der Waals surface area contributed by atoms with Crippen LogP contribution in [0.15, 0.2) is 35.5 Å². The highest BCUT2D eigenvalue weighted by atomic mass is 16.5. The molecule has 0 radical (unpaired) electrons. The van der Waals surface area contributed by atoms with Gasteiger partial charge in [-0.05, 0) is 6.07 Å². The molecule has 102 valence electrons. The van der Waals surface area contributed by atoms with Crippen molar-refractivity contribution in [3.05, 3.63) is 46.6 Å². The Labute approximate surface area is 114 Å². The Morgan fingerprint density at radius 1 is 1.30 bits per heavy atom. The van der Waals surface area contributed by atoms with Crippen LogP contribution in [0.1, 0.15) is 5.56 Å². The number of nitrogens with zero attached hydrogens (tertiary/aromatic N) is 5. The lowest BCUT2D eigenvalue weighted by molar-refractivity contribution is 0.390. The summed E-state index contributed by atoms with van der Waals surface area (Å²) in [6, 6.07) is 3.65. The lowest BCUT2D eigenvalue weighted by atomic mass is 10.2. The van der Waals surface area contributed by atoms with E-state index in [9.17, 15) is 4.79 Å². The van der Waals surface area contributed by atoms with Crippen molar-refractivity contribution in [2.45, 2.75) is 6.54 Å². The first-order chi connectivity index (χ1) is 9.70. The van der Waals surface area contributed by atoms with E-state index in [1.165, 1.54) is 4.68 Å².